The van der Waals surface area contributed by atoms with Gasteiger partial charge in [0.25, 0.3) is 0 Å². The minimum Gasteiger partial charge on any atom is -0.463 e. The van der Waals surface area contributed by atoms with Crippen LogP contribution in [0.5, 0.6) is 0 Å². The molecular weight excluding hydrogens is 242 g/mol. The molecule has 7 heteroatoms. The van der Waals surface area contributed by atoms with Gasteiger partial charge in [-0.3, -0.25) is 0 Å². The summed E-state index contributed by atoms with van der Waals surface area (Å²) in [7, 11) is 1.24. The maximum absolute atomic E-state index is 11.3. The van der Waals surface area contributed by atoms with Crippen molar-refractivity contribution >= 4 is 5.97 Å². The van der Waals surface area contributed by atoms with E-state index in [0.717, 1.165) is 0 Å². The van der Waals surface area contributed by atoms with Crippen LogP contribution in [0.2, 0.25) is 0 Å². The molecule has 1 aromatic rings. The SMILES string of the molecule is COC(=O)c1occc1CNC(CO)(CO)CO. The second-order valence-electron chi connectivity index (χ2n) is 3.87. The highest BCUT2D eigenvalue weighted by Crippen LogP contribution is 2.13. The Bertz CT molecular complexity index is 376. The van der Waals surface area contributed by atoms with Crippen LogP contribution in [0.25, 0.3) is 0 Å². The van der Waals surface area contributed by atoms with Crippen molar-refractivity contribution in [2.75, 3.05) is 26.9 Å². The molecule has 18 heavy (non-hydrogen) atoms. The van der Waals surface area contributed by atoms with Crippen LogP contribution in [0.3, 0.4) is 0 Å². The van der Waals surface area contributed by atoms with Gasteiger partial charge in [0.1, 0.15) is 0 Å². The summed E-state index contributed by atoms with van der Waals surface area (Å²) in [5, 5.41) is 30.2. The second kappa shape index (κ2) is 6.50. The topological polar surface area (TPSA) is 112 Å². The van der Waals surface area contributed by atoms with E-state index in [1.54, 1.807) is 6.07 Å². The standard InChI is InChI=1S/C11H17NO6/c1-17-10(16)9-8(2-3-18-9)4-12-11(5-13,6-14)7-15/h2-3,12-15H,4-7H2,1H3. The van der Waals surface area contributed by atoms with E-state index in [-0.39, 0.29) is 12.3 Å². The molecule has 0 aromatic carbocycles. The van der Waals surface area contributed by atoms with E-state index < -0.39 is 31.3 Å². The molecule has 0 aliphatic carbocycles. The Labute approximate surface area is 104 Å². The molecule has 1 rings (SSSR count). The average molecular weight is 259 g/mol. The van der Waals surface area contributed by atoms with Crippen LogP contribution >= 0.6 is 0 Å². The third-order valence-corrected chi connectivity index (χ3v) is 2.68. The van der Waals surface area contributed by atoms with Crippen LogP contribution in [-0.4, -0.2) is 53.8 Å². The lowest BCUT2D eigenvalue weighted by molar-refractivity contribution is 0.0410. The van der Waals surface area contributed by atoms with Gasteiger partial charge in [-0.15, -0.1) is 0 Å². The van der Waals surface area contributed by atoms with Gasteiger partial charge in [0.05, 0.1) is 38.7 Å². The van der Waals surface area contributed by atoms with Gasteiger partial charge in [0.15, 0.2) is 0 Å². The number of esters is 1. The predicted molar refractivity (Wildman–Crippen MR) is 60.9 cm³/mol. The fraction of sp³-hybridized carbons (Fsp3) is 0.545. The number of nitrogens with one attached hydrogen (secondary N) is 1. The van der Waals surface area contributed by atoms with E-state index in [2.05, 4.69) is 10.1 Å². The number of aliphatic hydroxyl groups excluding tert-OH is 3. The van der Waals surface area contributed by atoms with Gasteiger partial charge in [-0.25, -0.2) is 4.79 Å². The molecule has 0 bridgehead atoms. The zero-order valence-electron chi connectivity index (χ0n) is 10.0. The molecular formula is C11H17NO6. The Kier molecular flexibility index (Phi) is 5.29. The van der Waals surface area contributed by atoms with Crippen molar-refractivity contribution in [1.82, 2.24) is 5.32 Å². The average Bonchev–Trinajstić information content (AvgIpc) is 2.88. The number of hydrogen-bond acceptors (Lipinski definition) is 7. The molecule has 1 heterocycles. The molecule has 0 unspecified atom stereocenters. The summed E-state index contributed by atoms with van der Waals surface area (Å²) < 4.78 is 9.52. The van der Waals surface area contributed by atoms with Crippen LogP contribution in [0, 0.1) is 0 Å². The first-order valence-electron chi connectivity index (χ1n) is 5.34. The second-order valence-corrected chi connectivity index (χ2v) is 3.87. The first-order valence-corrected chi connectivity index (χ1v) is 5.34. The Morgan fingerprint density at radius 2 is 2.00 bits per heavy atom. The number of aliphatic hydroxyl groups is 3. The predicted octanol–water partition coefficient (Wildman–Crippen LogP) is -1.13. The van der Waals surface area contributed by atoms with Crippen molar-refractivity contribution in [3.8, 4) is 0 Å². The Morgan fingerprint density at radius 3 is 2.50 bits per heavy atom. The quantitative estimate of drug-likeness (QED) is 0.458. The molecule has 0 fully saturated rings. The zero-order chi connectivity index (χ0) is 13.6. The molecule has 0 saturated carbocycles. The highest BCUT2D eigenvalue weighted by Gasteiger charge is 2.28. The molecule has 0 amide bonds. The van der Waals surface area contributed by atoms with E-state index in [1.165, 1.54) is 13.4 Å². The lowest BCUT2D eigenvalue weighted by Gasteiger charge is -2.28. The first-order chi connectivity index (χ1) is 8.62. The van der Waals surface area contributed by atoms with Gasteiger partial charge in [-0.05, 0) is 6.07 Å². The highest BCUT2D eigenvalue weighted by molar-refractivity contribution is 5.87. The van der Waals surface area contributed by atoms with E-state index in [1.807, 2.05) is 0 Å². The number of carbonyl (C=O) groups excluding carboxylic acids is 1. The van der Waals surface area contributed by atoms with E-state index in [4.69, 9.17) is 19.7 Å². The van der Waals surface area contributed by atoms with Crippen molar-refractivity contribution in [2.45, 2.75) is 12.1 Å². The number of carbonyl (C=O) groups is 1. The largest absolute Gasteiger partial charge is 0.463 e. The van der Waals surface area contributed by atoms with Crippen molar-refractivity contribution in [1.29, 1.82) is 0 Å². The number of ether oxygens (including phenoxy) is 1. The Hall–Kier alpha value is -1.41. The summed E-state index contributed by atoms with van der Waals surface area (Å²) in [4.78, 5) is 11.3. The molecule has 102 valence electrons. The smallest absolute Gasteiger partial charge is 0.374 e. The number of furan rings is 1. The van der Waals surface area contributed by atoms with Crippen LogP contribution in [0.15, 0.2) is 16.7 Å². The van der Waals surface area contributed by atoms with Crippen molar-refractivity contribution in [3.63, 3.8) is 0 Å². The fourth-order valence-corrected chi connectivity index (χ4v) is 1.35. The van der Waals surface area contributed by atoms with Crippen LogP contribution in [0.4, 0.5) is 0 Å². The Morgan fingerprint density at radius 1 is 1.39 bits per heavy atom. The van der Waals surface area contributed by atoms with Crippen LogP contribution in [-0.2, 0) is 11.3 Å². The Balaban J connectivity index is 2.74. The number of rotatable bonds is 7. The molecule has 0 aliphatic heterocycles. The van der Waals surface area contributed by atoms with E-state index in [0.29, 0.717) is 5.56 Å². The zero-order valence-corrected chi connectivity index (χ0v) is 10.0. The summed E-state index contributed by atoms with van der Waals surface area (Å²) in [6.45, 7) is -1.18. The van der Waals surface area contributed by atoms with Crippen molar-refractivity contribution in [3.05, 3.63) is 23.7 Å². The molecule has 0 radical (unpaired) electrons. The lowest BCUT2D eigenvalue weighted by Crippen LogP contribution is -2.54. The summed E-state index contributed by atoms with van der Waals surface area (Å²) in [5.41, 5.74) is -0.688. The van der Waals surface area contributed by atoms with Crippen molar-refractivity contribution in [2.24, 2.45) is 0 Å². The summed E-state index contributed by atoms with van der Waals surface area (Å²) in [5.74, 6) is -0.563. The lowest BCUT2D eigenvalue weighted by atomic mass is 10.0. The fourth-order valence-electron chi connectivity index (χ4n) is 1.35. The van der Waals surface area contributed by atoms with Gasteiger partial charge >= 0.3 is 5.97 Å². The minimum atomic E-state index is -1.20. The van der Waals surface area contributed by atoms with Crippen LogP contribution < -0.4 is 5.32 Å². The molecule has 0 aliphatic rings. The molecule has 4 N–H and O–H groups in total. The summed E-state index contributed by atoms with van der Waals surface area (Å²) in [6, 6.07) is 1.57. The molecule has 7 nitrogen and oxygen atoms in total. The number of hydrogen-bond donors (Lipinski definition) is 4. The first kappa shape index (κ1) is 14.7. The maximum Gasteiger partial charge on any atom is 0.374 e. The van der Waals surface area contributed by atoms with Gasteiger partial charge in [0.2, 0.25) is 5.76 Å². The molecule has 0 saturated heterocycles. The monoisotopic (exact) mass is 259 g/mol. The highest BCUT2D eigenvalue weighted by atomic mass is 16.5. The van der Waals surface area contributed by atoms with Gasteiger partial charge < -0.3 is 29.8 Å². The third kappa shape index (κ3) is 3.08. The number of methoxy groups -OCH3 is 1. The molecule has 0 atom stereocenters. The summed E-state index contributed by atoms with van der Waals surface area (Å²) in [6.07, 6.45) is 1.34. The van der Waals surface area contributed by atoms with Gasteiger partial charge in [-0.2, -0.15) is 0 Å². The molecule has 1 aromatic heterocycles. The van der Waals surface area contributed by atoms with E-state index >= 15 is 0 Å². The summed E-state index contributed by atoms with van der Waals surface area (Å²) >= 11 is 0. The van der Waals surface area contributed by atoms with Gasteiger partial charge in [0, 0.05) is 12.1 Å². The van der Waals surface area contributed by atoms with E-state index in [9.17, 15) is 4.79 Å². The van der Waals surface area contributed by atoms with Gasteiger partial charge in [-0.1, -0.05) is 0 Å². The van der Waals surface area contributed by atoms with Crippen molar-refractivity contribution < 1.29 is 29.3 Å². The minimum absolute atomic E-state index is 0.0488. The van der Waals surface area contributed by atoms with Crippen LogP contribution in [0.1, 0.15) is 16.1 Å². The maximum atomic E-state index is 11.3. The molecule has 0 spiro atoms. The third-order valence-electron chi connectivity index (χ3n) is 2.68. The normalized spacial score (nSPS) is 11.6.